The maximum absolute atomic E-state index is 13.7. The number of nitrogens with zero attached hydrogens (tertiary/aromatic N) is 1. The van der Waals surface area contributed by atoms with Crippen LogP contribution in [0.1, 0.15) is 41.6 Å². The van der Waals surface area contributed by atoms with Crippen LogP contribution in [-0.2, 0) is 16.0 Å². The molecule has 0 aliphatic carbocycles. The van der Waals surface area contributed by atoms with E-state index in [-0.39, 0.29) is 35.5 Å². The van der Waals surface area contributed by atoms with Crippen molar-refractivity contribution in [2.75, 3.05) is 19.6 Å². The summed E-state index contributed by atoms with van der Waals surface area (Å²) in [6.45, 7) is 1.55. The topological polar surface area (TPSA) is 71.8 Å². The third-order valence-corrected chi connectivity index (χ3v) is 5.95. The van der Waals surface area contributed by atoms with Gasteiger partial charge in [-0.1, -0.05) is 0 Å². The molecule has 3 heterocycles. The SMILES string of the molecule is O=C(Cc1cc(F)ccc1F)NC[C@@H]1CCC2(CCN(C(=O)c3ccoc3)CC2)O1. The highest BCUT2D eigenvalue weighted by Crippen LogP contribution is 2.39. The molecule has 160 valence electrons. The molecule has 1 N–H and O–H groups in total. The van der Waals surface area contributed by atoms with Gasteiger partial charge in [-0.2, -0.15) is 0 Å². The molecule has 2 fully saturated rings. The molecule has 0 radical (unpaired) electrons. The van der Waals surface area contributed by atoms with Crippen LogP contribution in [0.2, 0.25) is 0 Å². The highest BCUT2D eigenvalue weighted by atomic mass is 19.1. The number of halogens is 2. The standard InChI is InChI=1S/C22H24F2N2O4/c23-17-1-2-19(24)16(11-17)12-20(27)25-13-18-3-5-22(30-18)6-8-26(9-7-22)21(28)15-4-10-29-14-15/h1-2,4,10-11,14,18H,3,5-9,12-13H2,(H,25,27)/t18-/m0/s1. The average molecular weight is 418 g/mol. The fourth-order valence-corrected chi connectivity index (χ4v) is 4.24. The van der Waals surface area contributed by atoms with Gasteiger partial charge in [0.15, 0.2) is 0 Å². The molecule has 1 aromatic carbocycles. The van der Waals surface area contributed by atoms with Crippen LogP contribution in [-0.4, -0.2) is 48.1 Å². The van der Waals surface area contributed by atoms with Crippen molar-refractivity contribution >= 4 is 11.8 Å². The van der Waals surface area contributed by atoms with Gasteiger partial charge in [0.05, 0.1) is 30.0 Å². The molecule has 2 amide bonds. The first kappa shape index (κ1) is 20.5. The second-order valence-electron chi connectivity index (χ2n) is 7.98. The molecule has 2 aromatic rings. The van der Waals surface area contributed by atoms with Crippen LogP contribution >= 0.6 is 0 Å². The van der Waals surface area contributed by atoms with Gasteiger partial charge >= 0.3 is 0 Å². The van der Waals surface area contributed by atoms with Crippen molar-refractivity contribution in [1.29, 1.82) is 0 Å². The van der Waals surface area contributed by atoms with E-state index in [1.54, 1.807) is 6.07 Å². The van der Waals surface area contributed by atoms with Crippen LogP contribution in [0.25, 0.3) is 0 Å². The van der Waals surface area contributed by atoms with Crippen LogP contribution in [0.3, 0.4) is 0 Å². The first-order valence-corrected chi connectivity index (χ1v) is 10.1. The van der Waals surface area contributed by atoms with E-state index in [9.17, 15) is 18.4 Å². The lowest BCUT2D eigenvalue weighted by atomic mass is 9.88. The number of furan rings is 1. The van der Waals surface area contributed by atoms with Gasteiger partial charge in [0, 0.05) is 25.2 Å². The van der Waals surface area contributed by atoms with Gasteiger partial charge < -0.3 is 19.4 Å². The van der Waals surface area contributed by atoms with Gasteiger partial charge in [0.1, 0.15) is 17.9 Å². The Labute approximate surface area is 173 Å². The maximum Gasteiger partial charge on any atom is 0.257 e. The van der Waals surface area contributed by atoms with E-state index in [1.165, 1.54) is 12.5 Å². The summed E-state index contributed by atoms with van der Waals surface area (Å²) in [6.07, 6.45) is 5.78. The highest BCUT2D eigenvalue weighted by Gasteiger charge is 2.43. The smallest absolute Gasteiger partial charge is 0.257 e. The van der Waals surface area contributed by atoms with Crippen LogP contribution in [0.5, 0.6) is 0 Å². The number of carbonyl (C=O) groups excluding carboxylic acids is 2. The van der Waals surface area contributed by atoms with Crippen LogP contribution < -0.4 is 5.32 Å². The zero-order valence-electron chi connectivity index (χ0n) is 16.5. The molecule has 1 aromatic heterocycles. The number of benzene rings is 1. The molecule has 1 spiro atoms. The van der Waals surface area contributed by atoms with Crippen molar-refractivity contribution in [3.05, 3.63) is 59.6 Å². The highest BCUT2D eigenvalue weighted by molar-refractivity contribution is 5.93. The normalized spacial score (nSPS) is 20.5. The van der Waals surface area contributed by atoms with E-state index in [2.05, 4.69) is 5.32 Å². The summed E-state index contributed by atoms with van der Waals surface area (Å²) < 4.78 is 38.2. The molecular weight excluding hydrogens is 394 g/mol. The average Bonchev–Trinajstić information content (AvgIpc) is 3.40. The van der Waals surface area contributed by atoms with Gasteiger partial charge in [-0.05, 0) is 49.9 Å². The number of carbonyl (C=O) groups is 2. The third kappa shape index (κ3) is 4.53. The van der Waals surface area contributed by atoms with Crippen molar-refractivity contribution in [2.45, 2.75) is 43.8 Å². The summed E-state index contributed by atoms with van der Waals surface area (Å²) in [7, 11) is 0. The lowest BCUT2D eigenvalue weighted by Gasteiger charge is -2.39. The van der Waals surface area contributed by atoms with Gasteiger partial charge in [0.2, 0.25) is 5.91 Å². The molecule has 2 aliphatic rings. The molecule has 0 unspecified atom stereocenters. The monoisotopic (exact) mass is 418 g/mol. The zero-order chi connectivity index (χ0) is 21.1. The Balaban J connectivity index is 1.23. The fraction of sp³-hybridized carbons (Fsp3) is 0.455. The minimum absolute atomic E-state index is 0.0333. The van der Waals surface area contributed by atoms with Gasteiger partial charge in [-0.15, -0.1) is 0 Å². The number of nitrogens with one attached hydrogen (secondary N) is 1. The number of ether oxygens (including phenoxy) is 1. The Morgan fingerprint density at radius 2 is 1.97 bits per heavy atom. The number of hydrogen-bond acceptors (Lipinski definition) is 4. The molecule has 2 aliphatic heterocycles. The van der Waals surface area contributed by atoms with E-state index < -0.39 is 11.6 Å². The van der Waals surface area contributed by atoms with Gasteiger partial charge in [-0.3, -0.25) is 9.59 Å². The molecule has 8 heteroatoms. The molecule has 1 atom stereocenters. The fourth-order valence-electron chi connectivity index (χ4n) is 4.24. The second kappa shape index (κ2) is 8.55. The molecule has 6 nitrogen and oxygen atoms in total. The number of amides is 2. The van der Waals surface area contributed by atoms with Crippen LogP contribution in [0.15, 0.2) is 41.2 Å². The number of piperidine rings is 1. The van der Waals surface area contributed by atoms with Gasteiger partial charge in [0.25, 0.3) is 5.91 Å². The summed E-state index contributed by atoms with van der Waals surface area (Å²) in [6, 6.07) is 4.74. The minimum Gasteiger partial charge on any atom is -0.472 e. The van der Waals surface area contributed by atoms with Crippen molar-refractivity contribution < 1.29 is 27.5 Å². The molecule has 4 rings (SSSR count). The number of rotatable bonds is 5. The van der Waals surface area contributed by atoms with Crippen molar-refractivity contribution in [3.8, 4) is 0 Å². The van der Waals surface area contributed by atoms with E-state index in [1.807, 2.05) is 4.90 Å². The first-order chi connectivity index (χ1) is 14.4. The van der Waals surface area contributed by atoms with E-state index >= 15 is 0 Å². The predicted molar refractivity (Wildman–Crippen MR) is 104 cm³/mol. The lowest BCUT2D eigenvalue weighted by molar-refractivity contribution is -0.122. The summed E-state index contributed by atoms with van der Waals surface area (Å²) in [4.78, 5) is 26.4. The van der Waals surface area contributed by atoms with Crippen molar-refractivity contribution in [3.63, 3.8) is 0 Å². The third-order valence-electron chi connectivity index (χ3n) is 5.95. The summed E-state index contributed by atoms with van der Waals surface area (Å²) in [5.41, 5.74) is 0.316. The van der Waals surface area contributed by atoms with Gasteiger partial charge in [-0.25, -0.2) is 8.78 Å². The molecule has 0 bridgehead atoms. The van der Waals surface area contributed by atoms with E-state index in [0.717, 1.165) is 43.9 Å². The Kier molecular flexibility index (Phi) is 5.85. The first-order valence-electron chi connectivity index (χ1n) is 10.1. The van der Waals surface area contributed by atoms with Crippen molar-refractivity contribution in [1.82, 2.24) is 10.2 Å². The lowest BCUT2D eigenvalue weighted by Crippen LogP contribution is -2.47. The molecule has 2 saturated heterocycles. The molecule has 0 saturated carbocycles. The number of hydrogen-bond donors (Lipinski definition) is 1. The Morgan fingerprint density at radius 3 is 2.70 bits per heavy atom. The van der Waals surface area contributed by atoms with E-state index in [4.69, 9.17) is 9.15 Å². The van der Waals surface area contributed by atoms with Crippen molar-refractivity contribution in [2.24, 2.45) is 0 Å². The Hall–Kier alpha value is -2.74. The predicted octanol–water partition coefficient (Wildman–Crippen LogP) is 3.07. The maximum atomic E-state index is 13.7. The summed E-state index contributed by atoms with van der Waals surface area (Å²) in [5, 5.41) is 2.76. The largest absolute Gasteiger partial charge is 0.472 e. The quantitative estimate of drug-likeness (QED) is 0.810. The Morgan fingerprint density at radius 1 is 1.17 bits per heavy atom. The second-order valence-corrected chi connectivity index (χ2v) is 7.98. The van der Waals surface area contributed by atoms with Crippen LogP contribution in [0, 0.1) is 11.6 Å². The molecular formula is C22H24F2N2O4. The minimum atomic E-state index is -0.598. The molecule has 30 heavy (non-hydrogen) atoms. The zero-order valence-corrected chi connectivity index (χ0v) is 16.5. The Bertz CT molecular complexity index is 908. The van der Waals surface area contributed by atoms with Crippen LogP contribution in [0.4, 0.5) is 8.78 Å². The summed E-state index contributed by atoms with van der Waals surface area (Å²) >= 11 is 0. The number of likely N-dealkylation sites (tertiary alicyclic amines) is 1. The van der Waals surface area contributed by atoms with E-state index in [0.29, 0.717) is 25.2 Å². The summed E-state index contributed by atoms with van der Waals surface area (Å²) in [5.74, 6) is -1.58.